The maximum Gasteiger partial charge on any atom is 0.106 e. The Labute approximate surface area is 93.3 Å². The van der Waals surface area contributed by atoms with Crippen LogP contribution in [0, 0.1) is 5.92 Å². The zero-order chi connectivity index (χ0) is 9.80. The second-order valence-corrected chi connectivity index (χ2v) is 4.72. The zero-order valence-corrected chi connectivity index (χ0v) is 9.76. The molecule has 76 valence electrons. The van der Waals surface area contributed by atoms with Gasteiger partial charge in [-0.2, -0.15) is 0 Å². The highest BCUT2D eigenvalue weighted by Gasteiger charge is 2.13. The van der Waals surface area contributed by atoms with Crippen LogP contribution in [-0.4, -0.2) is 18.1 Å². The molecule has 3 heteroatoms. The van der Waals surface area contributed by atoms with Crippen molar-refractivity contribution >= 4 is 15.9 Å². The summed E-state index contributed by atoms with van der Waals surface area (Å²) in [5, 5.41) is 3.44. The molecule has 1 fully saturated rings. The third-order valence-electron chi connectivity index (χ3n) is 2.71. The lowest BCUT2D eigenvalue weighted by Crippen LogP contribution is -2.30. The van der Waals surface area contributed by atoms with Gasteiger partial charge in [0.15, 0.2) is 0 Å². The number of hydrogen-bond acceptors (Lipinski definition) is 2. The zero-order valence-electron chi connectivity index (χ0n) is 8.17. The fourth-order valence-corrected chi connectivity index (χ4v) is 2.41. The molecule has 2 nitrogen and oxygen atoms in total. The number of rotatable bonds is 2. The number of halogens is 1. The highest BCUT2D eigenvalue weighted by Crippen LogP contribution is 2.17. The maximum atomic E-state index is 4.13. The van der Waals surface area contributed by atoms with E-state index in [1.54, 1.807) is 0 Å². The number of pyridine rings is 1. The van der Waals surface area contributed by atoms with E-state index in [2.05, 4.69) is 38.4 Å². The minimum absolute atomic E-state index is 0.804. The summed E-state index contributed by atoms with van der Waals surface area (Å²) >= 11 is 3.40. The van der Waals surface area contributed by atoms with Crippen molar-refractivity contribution in [1.82, 2.24) is 10.3 Å². The van der Waals surface area contributed by atoms with Gasteiger partial charge in [-0.3, -0.25) is 0 Å². The molecule has 14 heavy (non-hydrogen) atoms. The molecule has 0 aliphatic carbocycles. The SMILES string of the molecule is Brc1cc(C[C@@H]2CCCNC2)ccn1. The smallest absolute Gasteiger partial charge is 0.106 e. The molecule has 0 radical (unpaired) electrons. The fourth-order valence-electron chi connectivity index (χ4n) is 2.00. The number of hydrogen-bond donors (Lipinski definition) is 1. The average Bonchev–Trinajstić information content (AvgIpc) is 2.19. The summed E-state index contributed by atoms with van der Waals surface area (Å²) in [7, 11) is 0. The van der Waals surface area contributed by atoms with Crippen molar-refractivity contribution in [3.05, 3.63) is 28.5 Å². The van der Waals surface area contributed by atoms with E-state index in [9.17, 15) is 0 Å². The van der Waals surface area contributed by atoms with Crippen molar-refractivity contribution in [2.75, 3.05) is 13.1 Å². The Morgan fingerprint density at radius 3 is 3.21 bits per heavy atom. The molecule has 0 bridgehead atoms. The second-order valence-electron chi connectivity index (χ2n) is 3.90. The average molecular weight is 255 g/mol. The van der Waals surface area contributed by atoms with E-state index < -0.39 is 0 Å². The Kier molecular flexibility index (Phi) is 3.54. The number of piperidine rings is 1. The van der Waals surface area contributed by atoms with Crippen LogP contribution < -0.4 is 5.32 Å². The van der Waals surface area contributed by atoms with Crippen LogP contribution in [0.3, 0.4) is 0 Å². The van der Waals surface area contributed by atoms with Crippen molar-refractivity contribution in [3.8, 4) is 0 Å². The largest absolute Gasteiger partial charge is 0.316 e. The van der Waals surface area contributed by atoms with Crippen LogP contribution in [0.15, 0.2) is 22.9 Å². The normalized spacial score (nSPS) is 22.2. The molecule has 1 aliphatic heterocycles. The molecule has 0 aromatic carbocycles. The van der Waals surface area contributed by atoms with Gasteiger partial charge in [-0.25, -0.2) is 4.98 Å². The Bertz CT molecular complexity index is 295. The van der Waals surface area contributed by atoms with Crippen LogP contribution in [-0.2, 0) is 6.42 Å². The highest BCUT2D eigenvalue weighted by molar-refractivity contribution is 9.10. The van der Waals surface area contributed by atoms with Gasteiger partial charge in [-0.1, -0.05) is 0 Å². The molecular weight excluding hydrogens is 240 g/mol. The molecule has 1 aromatic heterocycles. The fraction of sp³-hybridized carbons (Fsp3) is 0.545. The summed E-state index contributed by atoms with van der Waals surface area (Å²) in [6.45, 7) is 2.36. The molecular formula is C11H15BrN2. The van der Waals surface area contributed by atoms with Gasteiger partial charge >= 0.3 is 0 Å². The number of nitrogens with one attached hydrogen (secondary N) is 1. The highest BCUT2D eigenvalue weighted by atomic mass is 79.9. The molecule has 0 spiro atoms. The first-order valence-electron chi connectivity index (χ1n) is 5.16. The quantitative estimate of drug-likeness (QED) is 0.821. The Hall–Kier alpha value is -0.410. The van der Waals surface area contributed by atoms with E-state index in [4.69, 9.17) is 0 Å². The standard InChI is InChI=1S/C11H15BrN2/c12-11-7-9(3-5-14-11)6-10-2-1-4-13-8-10/h3,5,7,10,13H,1-2,4,6,8H2/t10-/m0/s1. The van der Waals surface area contributed by atoms with Crippen LogP contribution in [0.2, 0.25) is 0 Å². The van der Waals surface area contributed by atoms with Crippen LogP contribution in [0.25, 0.3) is 0 Å². The summed E-state index contributed by atoms with van der Waals surface area (Å²) in [6, 6.07) is 4.23. The van der Waals surface area contributed by atoms with Crippen molar-refractivity contribution in [3.63, 3.8) is 0 Å². The van der Waals surface area contributed by atoms with Gasteiger partial charge < -0.3 is 5.32 Å². The van der Waals surface area contributed by atoms with Crippen LogP contribution in [0.1, 0.15) is 18.4 Å². The molecule has 1 N–H and O–H groups in total. The molecule has 2 rings (SSSR count). The molecule has 0 amide bonds. The summed E-state index contributed by atoms with van der Waals surface area (Å²) in [5.74, 6) is 0.804. The Morgan fingerprint density at radius 1 is 1.57 bits per heavy atom. The molecule has 1 aliphatic rings. The van der Waals surface area contributed by atoms with Gasteiger partial charge in [0.25, 0.3) is 0 Å². The predicted molar refractivity (Wildman–Crippen MR) is 61.2 cm³/mol. The van der Waals surface area contributed by atoms with Crippen LogP contribution in [0.4, 0.5) is 0 Å². The monoisotopic (exact) mass is 254 g/mol. The van der Waals surface area contributed by atoms with Gasteiger partial charge in [-0.05, 0) is 71.9 Å². The van der Waals surface area contributed by atoms with Crippen molar-refractivity contribution in [1.29, 1.82) is 0 Å². The topological polar surface area (TPSA) is 24.9 Å². The molecule has 1 atom stereocenters. The minimum atomic E-state index is 0.804. The predicted octanol–water partition coefficient (Wildman–Crippen LogP) is 2.39. The number of aromatic nitrogens is 1. The third kappa shape index (κ3) is 2.79. The van der Waals surface area contributed by atoms with Crippen LogP contribution >= 0.6 is 15.9 Å². The molecule has 0 unspecified atom stereocenters. The molecule has 1 saturated heterocycles. The second kappa shape index (κ2) is 4.89. The van der Waals surface area contributed by atoms with Gasteiger partial charge in [0, 0.05) is 6.20 Å². The van der Waals surface area contributed by atoms with E-state index in [0.29, 0.717) is 0 Å². The van der Waals surface area contributed by atoms with Crippen molar-refractivity contribution < 1.29 is 0 Å². The van der Waals surface area contributed by atoms with Crippen molar-refractivity contribution in [2.45, 2.75) is 19.3 Å². The summed E-state index contributed by atoms with van der Waals surface area (Å²) in [5.41, 5.74) is 1.39. The Morgan fingerprint density at radius 2 is 2.50 bits per heavy atom. The van der Waals surface area contributed by atoms with E-state index in [1.807, 2.05) is 6.20 Å². The lowest BCUT2D eigenvalue weighted by Gasteiger charge is -2.22. The summed E-state index contributed by atoms with van der Waals surface area (Å²) in [6.07, 6.45) is 5.72. The molecule has 1 aromatic rings. The van der Waals surface area contributed by atoms with Gasteiger partial charge in [0.1, 0.15) is 4.60 Å². The van der Waals surface area contributed by atoms with E-state index in [0.717, 1.165) is 10.5 Å². The van der Waals surface area contributed by atoms with E-state index in [1.165, 1.54) is 37.9 Å². The van der Waals surface area contributed by atoms with Gasteiger partial charge in [0.2, 0.25) is 0 Å². The van der Waals surface area contributed by atoms with Gasteiger partial charge in [-0.15, -0.1) is 0 Å². The van der Waals surface area contributed by atoms with E-state index in [-0.39, 0.29) is 0 Å². The summed E-state index contributed by atoms with van der Waals surface area (Å²) in [4.78, 5) is 4.13. The van der Waals surface area contributed by atoms with E-state index >= 15 is 0 Å². The molecule has 2 heterocycles. The lowest BCUT2D eigenvalue weighted by molar-refractivity contribution is 0.376. The Balaban J connectivity index is 1.95. The number of nitrogens with zero attached hydrogens (tertiary/aromatic N) is 1. The maximum absolute atomic E-state index is 4.13. The minimum Gasteiger partial charge on any atom is -0.316 e. The first kappa shape index (κ1) is 10.1. The third-order valence-corrected chi connectivity index (χ3v) is 3.15. The van der Waals surface area contributed by atoms with Gasteiger partial charge in [0.05, 0.1) is 0 Å². The molecule has 0 saturated carbocycles. The first-order chi connectivity index (χ1) is 6.84. The first-order valence-corrected chi connectivity index (χ1v) is 5.95. The van der Waals surface area contributed by atoms with Crippen molar-refractivity contribution in [2.24, 2.45) is 5.92 Å². The lowest BCUT2D eigenvalue weighted by atomic mass is 9.93. The van der Waals surface area contributed by atoms with Crippen LogP contribution in [0.5, 0.6) is 0 Å². The summed E-state index contributed by atoms with van der Waals surface area (Å²) < 4.78 is 0.943.